The zero-order valence-electron chi connectivity index (χ0n) is 38.8. The van der Waals surface area contributed by atoms with E-state index in [4.69, 9.17) is 9.47 Å². The monoisotopic (exact) mass is 842 g/mol. The summed E-state index contributed by atoms with van der Waals surface area (Å²) in [5.74, 6) is -0.188. The second-order valence-electron chi connectivity index (χ2n) is 18.4. The highest BCUT2D eigenvalue weighted by Gasteiger charge is 2.38. The number of carbonyl (C=O) groups is 1. The van der Waals surface area contributed by atoms with Gasteiger partial charge in [0.05, 0.1) is 31.5 Å². The number of nitrogens with one attached hydrogen (secondary N) is 1. The average molecular weight is 842 g/mol. The van der Waals surface area contributed by atoms with Crippen LogP contribution in [0.5, 0.6) is 0 Å². The number of rotatable bonds is 44. The van der Waals surface area contributed by atoms with Crippen molar-refractivity contribution in [2.45, 2.75) is 301 Å². The second-order valence-corrected chi connectivity index (χ2v) is 18.4. The number of hydrogen-bond acceptors (Lipinski definition) is 8. The van der Waals surface area contributed by atoms with Gasteiger partial charge in [-0.2, -0.15) is 0 Å². The highest BCUT2D eigenvalue weighted by molar-refractivity contribution is 5.76. The molecule has 0 aromatic rings. The Labute approximate surface area is 364 Å². The third-order valence-corrected chi connectivity index (χ3v) is 12.7. The Morgan fingerprint density at radius 2 is 0.932 bits per heavy atom. The lowest BCUT2D eigenvalue weighted by atomic mass is 9.99. The van der Waals surface area contributed by atoms with Gasteiger partial charge in [0, 0.05) is 12.8 Å². The number of hydrogen-bond donors (Lipinski definition) is 6. The summed E-state index contributed by atoms with van der Waals surface area (Å²) in [5, 5.41) is 54.8. The summed E-state index contributed by atoms with van der Waals surface area (Å²) in [6.45, 7) is 3.93. The zero-order chi connectivity index (χ0) is 43.0. The molecule has 1 aliphatic heterocycles. The van der Waals surface area contributed by atoms with Gasteiger partial charge in [-0.15, -0.1) is 0 Å². The molecule has 1 rings (SSSR count). The molecule has 0 bridgehead atoms. The van der Waals surface area contributed by atoms with Crippen molar-refractivity contribution in [3.05, 3.63) is 0 Å². The lowest BCUT2D eigenvalue weighted by Crippen LogP contribution is -2.54. The van der Waals surface area contributed by atoms with Crippen LogP contribution in [-0.2, 0) is 14.3 Å². The van der Waals surface area contributed by atoms with E-state index in [1.165, 1.54) is 186 Å². The molecule has 0 spiro atoms. The van der Waals surface area contributed by atoms with E-state index in [1.807, 2.05) is 0 Å². The molecular formula is C50H99NO8. The van der Waals surface area contributed by atoms with E-state index in [0.717, 1.165) is 38.5 Å². The Bertz CT molecular complexity index is 895. The Kier molecular flexibility index (Phi) is 39.3. The lowest BCUT2D eigenvalue weighted by molar-refractivity contribution is -0.259. The predicted octanol–water partition coefficient (Wildman–Crippen LogP) is 11.5. The van der Waals surface area contributed by atoms with Crippen molar-refractivity contribution < 1.29 is 39.8 Å². The molecule has 1 heterocycles. The highest BCUT2D eigenvalue weighted by atomic mass is 16.7. The lowest BCUT2D eigenvalue weighted by Gasteiger charge is -2.37. The van der Waals surface area contributed by atoms with Crippen molar-refractivity contribution in [3.8, 4) is 0 Å². The highest BCUT2D eigenvalue weighted by Crippen LogP contribution is 2.23. The molecule has 9 nitrogen and oxygen atoms in total. The third kappa shape index (κ3) is 32.5. The zero-order valence-corrected chi connectivity index (χ0v) is 38.8. The van der Waals surface area contributed by atoms with E-state index in [2.05, 4.69) is 19.2 Å². The molecule has 0 unspecified atom stereocenters. The van der Waals surface area contributed by atoms with Crippen LogP contribution in [0.1, 0.15) is 258 Å². The van der Waals surface area contributed by atoms with E-state index in [9.17, 15) is 30.3 Å². The largest absolute Gasteiger partial charge is 0.394 e. The number of carbonyl (C=O) groups excluding carboxylic acids is 1. The van der Waals surface area contributed by atoms with Gasteiger partial charge < -0.3 is 40.3 Å². The van der Waals surface area contributed by atoms with Gasteiger partial charge in [0.15, 0.2) is 6.29 Å². The SMILES string of the molecule is CCCCCCCCCCCCCCCCCCCCCCCCCC(=O)N[C@@H](CO[C@H]1C[C@@H](O)[C@@H](O)[C@@H](CO)O1)[C@H](O)[C@H](O)CCCCCCCCCCCCCC. The maximum Gasteiger partial charge on any atom is 0.220 e. The van der Waals surface area contributed by atoms with Gasteiger partial charge in [-0.05, 0) is 12.8 Å². The van der Waals surface area contributed by atoms with E-state index >= 15 is 0 Å². The molecule has 59 heavy (non-hydrogen) atoms. The van der Waals surface area contributed by atoms with Crippen LogP contribution in [0.3, 0.4) is 0 Å². The summed E-state index contributed by atoms with van der Waals surface area (Å²) in [4.78, 5) is 13.0. The van der Waals surface area contributed by atoms with Gasteiger partial charge in [-0.1, -0.05) is 232 Å². The first-order chi connectivity index (χ1) is 28.8. The Morgan fingerprint density at radius 1 is 0.576 bits per heavy atom. The van der Waals surface area contributed by atoms with Gasteiger partial charge >= 0.3 is 0 Å². The average Bonchev–Trinajstić information content (AvgIpc) is 3.23. The molecule has 352 valence electrons. The minimum atomic E-state index is -1.23. The summed E-state index contributed by atoms with van der Waals surface area (Å²) < 4.78 is 11.5. The topological polar surface area (TPSA) is 149 Å². The molecule has 1 fully saturated rings. The molecule has 9 heteroatoms. The fraction of sp³-hybridized carbons (Fsp3) is 0.980. The van der Waals surface area contributed by atoms with Gasteiger partial charge in [0.2, 0.25) is 5.91 Å². The van der Waals surface area contributed by atoms with Crippen LogP contribution in [0.15, 0.2) is 0 Å². The number of unbranched alkanes of at least 4 members (excludes halogenated alkanes) is 33. The summed E-state index contributed by atoms with van der Waals surface area (Å²) in [5.41, 5.74) is 0. The molecule has 1 saturated heterocycles. The van der Waals surface area contributed by atoms with Crippen LogP contribution in [0.4, 0.5) is 0 Å². The van der Waals surface area contributed by atoms with Gasteiger partial charge in [0.1, 0.15) is 18.3 Å². The number of aliphatic hydroxyl groups excluding tert-OH is 5. The van der Waals surface area contributed by atoms with E-state index in [1.54, 1.807) is 0 Å². The molecular weight excluding hydrogens is 743 g/mol. The molecule has 6 N–H and O–H groups in total. The van der Waals surface area contributed by atoms with E-state index in [0.29, 0.717) is 12.8 Å². The van der Waals surface area contributed by atoms with Gasteiger partial charge in [-0.25, -0.2) is 0 Å². The minimum Gasteiger partial charge on any atom is -0.394 e. The van der Waals surface area contributed by atoms with Crippen LogP contribution < -0.4 is 5.32 Å². The molecule has 0 aromatic heterocycles. The summed E-state index contributed by atoms with van der Waals surface area (Å²) >= 11 is 0. The quantitative estimate of drug-likeness (QED) is 0.0332. The maximum absolute atomic E-state index is 13.0. The van der Waals surface area contributed by atoms with Crippen molar-refractivity contribution >= 4 is 5.91 Å². The van der Waals surface area contributed by atoms with Crippen LogP contribution in [0.2, 0.25) is 0 Å². The minimum absolute atomic E-state index is 0.00462. The fourth-order valence-electron chi connectivity index (χ4n) is 8.59. The number of aliphatic hydroxyl groups is 5. The molecule has 1 aliphatic rings. The predicted molar refractivity (Wildman–Crippen MR) is 244 cm³/mol. The van der Waals surface area contributed by atoms with Crippen molar-refractivity contribution in [2.24, 2.45) is 0 Å². The van der Waals surface area contributed by atoms with Crippen molar-refractivity contribution in [3.63, 3.8) is 0 Å². The summed E-state index contributed by atoms with van der Waals surface area (Å²) in [6, 6.07) is -0.862. The first-order valence-corrected chi connectivity index (χ1v) is 25.7. The molecule has 7 atom stereocenters. The number of ether oxygens (including phenoxy) is 2. The molecule has 1 amide bonds. The number of amides is 1. The van der Waals surface area contributed by atoms with Gasteiger partial charge in [-0.3, -0.25) is 4.79 Å². The van der Waals surface area contributed by atoms with E-state index in [-0.39, 0.29) is 18.9 Å². The van der Waals surface area contributed by atoms with Crippen LogP contribution >= 0.6 is 0 Å². The van der Waals surface area contributed by atoms with Crippen LogP contribution in [0.25, 0.3) is 0 Å². The summed E-state index contributed by atoms with van der Waals surface area (Å²) in [6.07, 6.45) is 39.3. The molecule has 0 aliphatic carbocycles. The van der Waals surface area contributed by atoms with Crippen LogP contribution in [-0.4, -0.2) is 87.5 Å². The smallest absolute Gasteiger partial charge is 0.220 e. The van der Waals surface area contributed by atoms with Gasteiger partial charge in [0.25, 0.3) is 0 Å². The first-order valence-electron chi connectivity index (χ1n) is 25.7. The molecule has 0 radical (unpaired) electrons. The summed E-state index contributed by atoms with van der Waals surface area (Å²) in [7, 11) is 0. The maximum atomic E-state index is 13.0. The molecule has 0 aromatic carbocycles. The normalized spacial score (nSPS) is 19.8. The van der Waals surface area contributed by atoms with Crippen molar-refractivity contribution in [1.82, 2.24) is 5.32 Å². The Balaban J connectivity index is 2.22. The second kappa shape index (κ2) is 41.2. The Hall–Kier alpha value is -0.810. The fourth-order valence-corrected chi connectivity index (χ4v) is 8.59. The van der Waals surface area contributed by atoms with E-state index < -0.39 is 49.5 Å². The van der Waals surface area contributed by atoms with Crippen molar-refractivity contribution in [1.29, 1.82) is 0 Å². The third-order valence-electron chi connectivity index (χ3n) is 12.7. The van der Waals surface area contributed by atoms with Crippen molar-refractivity contribution in [2.75, 3.05) is 13.2 Å². The molecule has 0 saturated carbocycles. The van der Waals surface area contributed by atoms with Crippen LogP contribution in [0, 0.1) is 0 Å². The first kappa shape index (κ1) is 56.2. The Morgan fingerprint density at radius 3 is 1.31 bits per heavy atom. The standard InChI is InChI=1S/C50H99NO8/c1-3-5-7-9-11-13-15-17-18-19-20-21-22-23-24-25-26-27-29-31-33-35-37-39-47(55)51-43(42-58-48-40-45(54)50(57)46(41-52)59-48)49(56)44(53)38-36-34-32-30-28-16-14-12-10-8-6-4-2/h43-46,48-50,52-54,56-57H,3-42H2,1-2H3,(H,51,55)/t43-,44+,45+,46+,48+,49-,50+/m0/s1.